The van der Waals surface area contributed by atoms with Crippen LogP contribution in [0.15, 0.2) is 54.6 Å². The van der Waals surface area contributed by atoms with Crippen molar-refractivity contribution in [1.82, 2.24) is 10.6 Å². The van der Waals surface area contributed by atoms with Crippen molar-refractivity contribution < 1.29 is 4.79 Å². The summed E-state index contributed by atoms with van der Waals surface area (Å²) < 4.78 is 0. The average Bonchev–Trinajstić information content (AvgIpc) is 2.56. The van der Waals surface area contributed by atoms with Crippen molar-refractivity contribution in [2.75, 3.05) is 13.6 Å². The summed E-state index contributed by atoms with van der Waals surface area (Å²) in [5.41, 5.74) is 3.50. The van der Waals surface area contributed by atoms with Crippen molar-refractivity contribution >= 4 is 18.3 Å². The number of nitrogens with one attached hydrogen (secondary N) is 2. The second-order valence-electron chi connectivity index (χ2n) is 5.68. The van der Waals surface area contributed by atoms with Crippen molar-refractivity contribution in [2.45, 2.75) is 19.9 Å². The zero-order chi connectivity index (χ0) is 15.9. The van der Waals surface area contributed by atoms with Crippen LogP contribution in [0.5, 0.6) is 0 Å². The van der Waals surface area contributed by atoms with Crippen molar-refractivity contribution in [3.63, 3.8) is 0 Å². The summed E-state index contributed by atoms with van der Waals surface area (Å²) in [5.74, 6) is 0.0463. The number of hydrogen-bond donors (Lipinski definition) is 2. The molecule has 0 spiro atoms. The number of rotatable bonds is 6. The summed E-state index contributed by atoms with van der Waals surface area (Å²) in [6, 6.07) is 18.7. The molecule has 0 aliphatic carbocycles. The third-order valence-corrected chi connectivity index (χ3v) is 3.83. The molecule has 0 saturated heterocycles. The van der Waals surface area contributed by atoms with E-state index < -0.39 is 0 Å². The molecule has 0 radical (unpaired) electrons. The van der Waals surface area contributed by atoms with Crippen LogP contribution in [0.25, 0.3) is 11.1 Å². The number of benzene rings is 2. The summed E-state index contributed by atoms with van der Waals surface area (Å²) >= 11 is 0. The summed E-state index contributed by atoms with van der Waals surface area (Å²) in [6.45, 7) is 4.63. The first kappa shape index (κ1) is 19.2. The molecule has 2 unspecified atom stereocenters. The molecule has 3 nitrogen and oxygen atoms in total. The molecule has 2 rings (SSSR count). The van der Waals surface area contributed by atoms with Crippen LogP contribution in [0.2, 0.25) is 0 Å². The Morgan fingerprint density at radius 2 is 1.52 bits per heavy atom. The largest absolute Gasteiger partial charge is 0.349 e. The molecule has 0 aliphatic heterocycles. The van der Waals surface area contributed by atoms with Crippen molar-refractivity contribution in [1.29, 1.82) is 0 Å². The van der Waals surface area contributed by atoms with Gasteiger partial charge < -0.3 is 10.6 Å². The zero-order valence-corrected chi connectivity index (χ0v) is 14.7. The summed E-state index contributed by atoms with van der Waals surface area (Å²) in [4.78, 5) is 12.1. The van der Waals surface area contributed by atoms with Gasteiger partial charge in [0.05, 0.1) is 6.04 Å². The number of carbonyl (C=O) groups is 1. The number of carbonyl (C=O) groups excluding carboxylic acids is 1. The highest BCUT2D eigenvalue weighted by Gasteiger charge is 2.15. The molecule has 0 heterocycles. The second-order valence-corrected chi connectivity index (χ2v) is 5.68. The molecule has 4 heteroatoms. The Balaban J connectivity index is 0.00000264. The van der Waals surface area contributed by atoms with Crippen molar-refractivity contribution in [3.8, 4) is 11.1 Å². The smallest absolute Gasteiger partial charge is 0.224 e. The molecule has 0 fully saturated rings. The van der Waals surface area contributed by atoms with E-state index in [0.717, 1.165) is 5.56 Å². The minimum Gasteiger partial charge on any atom is -0.349 e. The van der Waals surface area contributed by atoms with Gasteiger partial charge in [-0.15, -0.1) is 12.4 Å². The van der Waals surface area contributed by atoms with Crippen molar-refractivity contribution in [2.24, 2.45) is 5.92 Å². The minimum absolute atomic E-state index is 0. The number of amides is 1. The van der Waals surface area contributed by atoms with Gasteiger partial charge in [0.2, 0.25) is 5.91 Å². The van der Waals surface area contributed by atoms with Crippen LogP contribution >= 0.6 is 12.4 Å². The number of halogens is 1. The fourth-order valence-corrected chi connectivity index (χ4v) is 2.43. The lowest BCUT2D eigenvalue weighted by Gasteiger charge is -2.18. The third kappa shape index (κ3) is 5.38. The molecule has 1 amide bonds. The Bertz CT molecular complexity index is 599. The first-order valence-corrected chi connectivity index (χ1v) is 7.72. The van der Waals surface area contributed by atoms with E-state index in [-0.39, 0.29) is 30.3 Å². The summed E-state index contributed by atoms with van der Waals surface area (Å²) in [6.07, 6.45) is 0. The molecule has 23 heavy (non-hydrogen) atoms. The molecule has 2 aromatic carbocycles. The van der Waals surface area contributed by atoms with Gasteiger partial charge in [-0.1, -0.05) is 61.5 Å². The highest BCUT2D eigenvalue weighted by molar-refractivity contribution is 5.85. The maximum Gasteiger partial charge on any atom is 0.224 e. The highest BCUT2D eigenvalue weighted by Crippen LogP contribution is 2.21. The van der Waals surface area contributed by atoms with Crippen LogP contribution in [0.4, 0.5) is 0 Å². The van der Waals surface area contributed by atoms with E-state index in [1.165, 1.54) is 11.1 Å². The molecule has 124 valence electrons. The molecule has 0 aromatic heterocycles. The molecule has 0 saturated carbocycles. The fraction of sp³-hybridized carbons (Fsp3) is 0.316. The van der Waals surface area contributed by atoms with E-state index in [4.69, 9.17) is 0 Å². The lowest BCUT2D eigenvalue weighted by Crippen LogP contribution is -2.35. The molecular formula is C19H25ClN2O. The van der Waals surface area contributed by atoms with Crippen LogP contribution in [0.3, 0.4) is 0 Å². The molecule has 2 atom stereocenters. The average molecular weight is 333 g/mol. The van der Waals surface area contributed by atoms with E-state index in [0.29, 0.717) is 6.54 Å². The maximum atomic E-state index is 12.1. The van der Waals surface area contributed by atoms with Crippen LogP contribution in [-0.4, -0.2) is 19.5 Å². The fourth-order valence-electron chi connectivity index (χ4n) is 2.43. The molecule has 0 bridgehead atoms. The highest BCUT2D eigenvalue weighted by atomic mass is 35.5. The van der Waals surface area contributed by atoms with Gasteiger partial charge in [0, 0.05) is 12.5 Å². The normalized spacial score (nSPS) is 12.8. The van der Waals surface area contributed by atoms with Crippen LogP contribution in [-0.2, 0) is 4.79 Å². The SMILES string of the molecule is CNCC(C)C(=O)NC(C)c1ccc(-c2ccccc2)cc1.Cl. The van der Waals surface area contributed by atoms with E-state index in [2.05, 4.69) is 47.0 Å². The Morgan fingerprint density at radius 3 is 2.09 bits per heavy atom. The maximum absolute atomic E-state index is 12.1. The van der Waals surface area contributed by atoms with E-state index in [1.54, 1.807) is 0 Å². The lowest BCUT2D eigenvalue weighted by molar-refractivity contribution is -0.125. The van der Waals surface area contributed by atoms with E-state index >= 15 is 0 Å². The monoisotopic (exact) mass is 332 g/mol. The Morgan fingerprint density at radius 1 is 0.957 bits per heavy atom. The van der Waals surface area contributed by atoms with Gasteiger partial charge in [0.1, 0.15) is 0 Å². The van der Waals surface area contributed by atoms with Crippen LogP contribution in [0.1, 0.15) is 25.5 Å². The molecule has 2 aromatic rings. The number of hydrogen-bond acceptors (Lipinski definition) is 2. The molecule has 0 aliphatic rings. The van der Waals surface area contributed by atoms with Gasteiger partial charge in [-0.2, -0.15) is 0 Å². The Kier molecular flexibility index (Phi) is 7.79. The Labute approximate surface area is 144 Å². The Hall–Kier alpha value is -1.84. The van der Waals surface area contributed by atoms with Crippen LogP contribution < -0.4 is 10.6 Å². The van der Waals surface area contributed by atoms with Gasteiger partial charge in [-0.05, 0) is 30.7 Å². The first-order valence-electron chi connectivity index (χ1n) is 7.72. The predicted molar refractivity (Wildman–Crippen MR) is 98.8 cm³/mol. The van der Waals surface area contributed by atoms with Gasteiger partial charge in [-0.25, -0.2) is 0 Å². The predicted octanol–water partition coefficient (Wildman–Crippen LogP) is 3.81. The van der Waals surface area contributed by atoms with E-state index in [9.17, 15) is 4.79 Å². The topological polar surface area (TPSA) is 41.1 Å². The van der Waals surface area contributed by atoms with Crippen molar-refractivity contribution in [3.05, 3.63) is 60.2 Å². The van der Waals surface area contributed by atoms with Gasteiger partial charge in [-0.3, -0.25) is 4.79 Å². The lowest BCUT2D eigenvalue weighted by atomic mass is 10.0. The molecular weight excluding hydrogens is 308 g/mol. The standard InChI is InChI=1S/C19H24N2O.ClH/c1-14(13-20-3)19(22)21-15(2)16-9-11-18(12-10-16)17-7-5-4-6-8-17;/h4-12,14-15,20H,13H2,1-3H3,(H,21,22);1H. The van der Waals surface area contributed by atoms with Gasteiger partial charge in [0.15, 0.2) is 0 Å². The quantitative estimate of drug-likeness (QED) is 0.844. The van der Waals surface area contributed by atoms with E-state index in [1.807, 2.05) is 39.1 Å². The zero-order valence-electron chi connectivity index (χ0n) is 13.9. The van der Waals surface area contributed by atoms with Gasteiger partial charge >= 0.3 is 0 Å². The second kappa shape index (κ2) is 9.33. The van der Waals surface area contributed by atoms with Gasteiger partial charge in [0.25, 0.3) is 0 Å². The third-order valence-electron chi connectivity index (χ3n) is 3.83. The first-order chi connectivity index (χ1) is 10.6. The minimum atomic E-state index is -0.0314. The summed E-state index contributed by atoms with van der Waals surface area (Å²) in [5, 5.41) is 6.09. The summed E-state index contributed by atoms with van der Waals surface area (Å²) in [7, 11) is 1.86. The molecule has 2 N–H and O–H groups in total. The van der Waals surface area contributed by atoms with Crippen LogP contribution in [0, 0.1) is 5.92 Å².